The molecular formula is C15H21N3OS. The lowest BCUT2D eigenvalue weighted by Crippen LogP contribution is -2.27. The van der Waals surface area contributed by atoms with Crippen LogP contribution in [0, 0.1) is 6.92 Å². The van der Waals surface area contributed by atoms with Crippen LogP contribution >= 0.6 is 11.3 Å². The number of nitrogens with zero attached hydrogens (tertiary/aromatic N) is 2. The molecule has 0 saturated carbocycles. The summed E-state index contributed by atoms with van der Waals surface area (Å²) in [5.74, 6) is 0.000929. The third-order valence-electron chi connectivity index (χ3n) is 3.48. The molecule has 0 aliphatic heterocycles. The molecule has 0 fully saturated rings. The molecule has 1 amide bonds. The molecule has 0 spiro atoms. The summed E-state index contributed by atoms with van der Waals surface area (Å²) >= 11 is 1.39. The van der Waals surface area contributed by atoms with Gasteiger partial charge in [-0.1, -0.05) is 19.8 Å². The van der Waals surface area contributed by atoms with E-state index in [1.54, 1.807) is 11.1 Å². The summed E-state index contributed by atoms with van der Waals surface area (Å²) in [6.45, 7) is 4.92. The number of rotatable bonds is 5. The number of carbonyl (C=O) groups is 1. The molecule has 4 nitrogen and oxygen atoms in total. The average molecular weight is 291 g/mol. The number of fused-ring (bicyclic) bond motifs is 1. The summed E-state index contributed by atoms with van der Waals surface area (Å²) < 4.78 is 0. The summed E-state index contributed by atoms with van der Waals surface area (Å²) in [6.07, 6.45) is 5.07. The zero-order valence-corrected chi connectivity index (χ0v) is 13.1. The van der Waals surface area contributed by atoms with Crippen LogP contribution in [0.2, 0.25) is 0 Å². The second-order valence-corrected chi connectivity index (χ2v) is 6.09. The number of anilines is 1. The Balaban J connectivity index is 2.26. The van der Waals surface area contributed by atoms with E-state index in [0.29, 0.717) is 10.6 Å². The van der Waals surface area contributed by atoms with E-state index in [1.165, 1.54) is 11.3 Å². The van der Waals surface area contributed by atoms with E-state index in [1.807, 2.05) is 20.0 Å². The number of aryl methyl sites for hydroxylation is 1. The van der Waals surface area contributed by atoms with Crippen molar-refractivity contribution in [1.29, 1.82) is 0 Å². The highest BCUT2D eigenvalue weighted by Crippen LogP contribution is 2.34. The van der Waals surface area contributed by atoms with Crippen molar-refractivity contribution < 1.29 is 4.79 Å². The zero-order chi connectivity index (χ0) is 14.7. The predicted octanol–water partition coefficient (Wildman–Crippen LogP) is 3.45. The van der Waals surface area contributed by atoms with Crippen molar-refractivity contribution >= 4 is 33.1 Å². The molecule has 0 aromatic carbocycles. The summed E-state index contributed by atoms with van der Waals surface area (Å²) in [4.78, 5) is 20.0. The summed E-state index contributed by atoms with van der Waals surface area (Å²) in [6, 6.07) is 1.92. The van der Waals surface area contributed by atoms with Gasteiger partial charge < -0.3 is 10.6 Å². The first-order chi connectivity index (χ1) is 9.56. The van der Waals surface area contributed by atoms with Gasteiger partial charge in [0.2, 0.25) is 0 Å². The third-order valence-corrected chi connectivity index (χ3v) is 4.58. The van der Waals surface area contributed by atoms with E-state index in [2.05, 4.69) is 11.9 Å². The summed E-state index contributed by atoms with van der Waals surface area (Å²) in [5.41, 5.74) is 7.79. The van der Waals surface area contributed by atoms with E-state index in [-0.39, 0.29) is 5.91 Å². The minimum atomic E-state index is 0.000929. The van der Waals surface area contributed by atoms with E-state index in [0.717, 1.165) is 41.6 Å². The Hall–Kier alpha value is -1.62. The molecule has 20 heavy (non-hydrogen) atoms. The number of pyridine rings is 1. The average Bonchev–Trinajstić information content (AvgIpc) is 2.76. The lowest BCUT2D eigenvalue weighted by atomic mass is 10.1. The van der Waals surface area contributed by atoms with Gasteiger partial charge in [0, 0.05) is 25.2 Å². The number of amides is 1. The van der Waals surface area contributed by atoms with Crippen LogP contribution in [0.5, 0.6) is 0 Å². The van der Waals surface area contributed by atoms with Crippen LogP contribution in [-0.2, 0) is 0 Å². The van der Waals surface area contributed by atoms with Gasteiger partial charge in [-0.25, -0.2) is 4.98 Å². The largest absolute Gasteiger partial charge is 0.397 e. The Kier molecular flexibility index (Phi) is 4.60. The van der Waals surface area contributed by atoms with Crippen LogP contribution in [0.4, 0.5) is 5.69 Å². The number of aromatic nitrogens is 1. The topological polar surface area (TPSA) is 59.2 Å². The van der Waals surface area contributed by atoms with Crippen LogP contribution in [0.1, 0.15) is 41.4 Å². The van der Waals surface area contributed by atoms with Crippen molar-refractivity contribution in [1.82, 2.24) is 9.88 Å². The van der Waals surface area contributed by atoms with E-state index in [9.17, 15) is 4.79 Å². The van der Waals surface area contributed by atoms with Crippen LogP contribution in [0.3, 0.4) is 0 Å². The van der Waals surface area contributed by atoms with Gasteiger partial charge in [-0.15, -0.1) is 11.3 Å². The van der Waals surface area contributed by atoms with Gasteiger partial charge in [0.25, 0.3) is 5.91 Å². The molecule has 2 aromatic rings. The van der Waals surface area contributed by atoms with Gasteiger partial charge >= 0.3 is 0 Å². The molecule has 0 saturated heterocycles. The van der Waals surface area contributed by atoms with Crippen LogP contribution < -0.4 is 5.73 Å². The Labute approximate surface area is 123 Å². The molecule has 0 atom stereocenters. The molecule has 5 heteroatoms. The zero-order valence-electron chi connectivity index (χ0n) is 12.3. The molecule has 0 aliphatic carbocycles. The molecule has 2 heterocycles. The van der Waals surface area contributed by atoms with Crippen molar-refractivity contribution in [2.24, 2.45) is 0 Å². The molecule has 2 N–H and O–H groups in total. The number of hydrogen-bond acceptors (Lipinski definition) is 4. The first kappa shape index (κ1) is 14.8. The van der Waals surface area contributed by atoms with Crippen molar-refractivity contribution in [3.05, 3.63) is 22.7 Å². The number of hydrogen-bond donors (Lipinski definition) is 1. The van der Waals surface area contributed by atoms with Crippen molar-refractivity contribution in [2.75, 3.05) is 19.3 Å². The maximum atomic E-state index is 12.5. The lowest BCUT2D eigenvalue weighted by molar-refractivity contribution is 0.0798. The summed E-state index contributed by atoms with van der Waals surface area (Å²) in [5, 5.41) is 0.919. The summed E-state index contributed by atoms with van der Waals surface area (Å²) in [7, 11) is 1.84. The fourth-order valence-corrected chi connectivity index (χ4v) is 3.37. The van der Waals surface area contributed by atoms with Crippen LogP contribution in [-0.4, -0.2) is 29.4 Å². The molecule has 0 radical (unpaired) electrons. The van der Waals surface area contributed by atoms with Crippen molar-refractivity contribution in [3.8, 4) is 0 Å². The van der Waals surface area contributed by atoms with Crippen LogP contribution in [0.15, 0.2) is 12.3 Å². The normalized spacial score (nSPS) is 10.9. The van der Waals surface area contributed by atoms with Gasteiger partial charge in [0.15, 0.2) is 0 Å². The highest BCUT2D eigenvalue weighted by atomic mass is 32.1. The Morgan fingerprint density at radius 3 is 2.85 bits per heavy atom. The van der Waals surface area contributed by atoms with E-state index in [4.69, 9.17) is 5.73 Å². The Morgan fingerprint density at radius 1 is 1.45 bits per heavy atom. The van der Waals surface area contributed by atoms with Crippen LogP contribution in [0.25, 0.3) is 10.2 Å². The fourth-order valence-electron chi connectivity index (χ4n) is 2.24. The monoisotopic (exact) mass is 291 g/mol. The molecule has 2 aromatic heterocycles. The minimum Gasteiger partial charge on any atom is -0.397 e. The quantitative estimate of drug-likeness (QED) is 0.858. The second-order valence-electron chi connectivity index (χ2n) is 5.09. The Bertz CT molecular complexity index is 621. The fraction of sp³-hybridized carbons (Fsp3) is 0.467. The van der Waals surface area contributed by atoms with Gasteiger partial charge in [0.1, 0.15) is 9.71 Å². The molecule has 0 bridgehead atoms. The minimum absolute atomic E-state index is 0.000929. The number of unbranched alkanes of at least 4 members (excludes halogenated alkanes) is 2. The first-order valence-electron chi connectivity index (χ1n) is 6.95. The third kappa shape index (κ3) is 2.77. The second kappa shape index (κ2) is 6.22. The number of nitrogen functional groups attached to an aromatic ring is 1. The van der Waals surface area contributed by atoms with Gasteiger partial charge in [-0.05, 0) is 25.0 Å². The van der Waals surface area contributed by atoms with Crippen molar-refractivity contribution in [2.45, 2.75) is 33.1 Å². The van der Waals surface area contributed by atoms with E-state index < -0.39 is 0 Å². The SMILES string of the molecule is CCCCCN(C)C(=O)c1sc2nccc(C)c2c1N. The highest BCUT2D eigenvalue weighted by Gasteiger charge is 2.20. The molecule has 0 unspecified atom stereocenters. The van der Waals surface area contributed by atoms with Gasteiger partial charge in [-0.2, -0.15) is 0 Å². The number of carbonyl (C=O) groups excluding carboxylic acids is 1. The van der Waals surface area contributed by atoms with E-state index >= 15 is 0 Å². The molecule has 2 rings (SSSR count). The Morgan fingerprint density at radius 2 is 2.20 bits per heavy atom. The highest BCUT2D eigenvalue weighted by molar-refractivity contribution is 7.21. The molecular weight excluding hydrogens is 270 g/mol. The maximum absolute atomic E-state index is 12.5. The lowest BCUT2D eigenvalue weighted by Gasteiger charge is -2.16. The smallest absolute Gasteiger partial charge is 0.265 e. The molecule has 108 valence electrons. The number of thiophene rings is 1. The number of nitrogens with two attached hydrogens (primary N) is 1. The van der Waals surface area contributed by atoms with Gasteiger partial charge in [-0.3, -0.25) is 4.79 Å². The molecule has 0 aliphatic rings. The maximum Gasteiger partial charge on any atom is 0.265 e. The first-order valence-corrected chi connectivity index (χ1v) is 7.77. The predicted molar refractivity (Wildman–Crippen MR) is 85.3 cm³/mol. The standard InChI is InChI=1S/C15H21N3OS/c1-4-5-6-9-18(3)15(19)13-12(16)11-10(2)7-8-17-14(11)20-13/h7-8H,4-6,9,16H2,1-3H3. The van der Waals surface area contributed by atoms with Gasteiger partial charge in [0.05, 0.1) is 5.69 Å². The van der Waals surface area contributed by atoms with Crippen molar-refractivity contribution in [3.63, 3.8) is 0 Å².